The van der Waals surface area contributed by atoms with Gasteiger partial charge in [-0.05, 0) is 61.4 Å². The van der Waals surface area contributed by atoms with Gasteiger partial charge in [0, 0.05) is 19.2 Å². The molecule has 1 fully saturated rings. The molecule has 1 aliphatic heterocycles. The lowest BCUT2D eigenvalue weighted by atomic mass is 9.95. The lowest BCUT2D eigenvalue weighted by Crippen LogP contribution is -2.32. The molecule has 4 rings (SSSR count). The highest BCUT2D eigenvalue weighted by Crippen LogP contribution is 2.39. The SMILES string of the molecule is CCOc1ccc(C2C(=C(O)c3ccc(OCc4cccc(C)c4)cc3)C(=O)C(=O)N2CCOC)cc1. The molecule has 1 N–H and O–H groups in total. The van der Waals surface area contributed by atoms with Gasteiger partial charge >= 0.3 is 0 Å². The van der Waals surface area contributed by atoms with E-state index in [9.17, 15) is 14.7 Å². The molecular weight excluding hydrogens is 470 g/mol. The number of ketones is 1. The lowest BCUT2D eigenvalue weighted by molar-refractivity contribution is -0.140. The van der Waals surface area contributed by atoms with Crippen LogP contribution in [-0.4, -0.2) is 48.6 Å². The van der Waals surface area contributed by atoms with Crippen LogP contribution < -0.4 is 9.47 Å². The molecule has 1 saturated heterocycles. The second kappa shape index (κ2) is 11.8. The maximum atomic E-state index is 13.1. The quantitative estimate of drug-likeness (QED) is 0.238. The third kappa shape index (κ3) is 5.84. The van der Waals surface area contributed by atoms with Crippen molar-refractivity contribution in [2.75, 3.05) is 26.9 Å². The number of benzene rings is 3. The monoisotopic (exact) mass is 501 g/mol. The molecule has 1 atom stereocenters. The number of rotatable bonds is 10. The van der Waals surface area contributed by atoms with Gasteiger partial charge < -0.3 is 24.2 Å². The third-order valence-electron chi connectivity index (χ3n) is 6.20. The van der Waals surface area contributed by atoms with E-state index in [0.29, 0.717) is 35.8 Å². The van der Waals surface area contributed by atoms with E-state index in [1.807, 2.05) is 32.0 Å². The summed E-state index contributed by atoms with van der Waals surface area (Å²) in [6.07, 6.45) is 0. The van der Waals surface area contributed by atoms with Crippen LogP contribution in [0.15, 0.2) is 78.4 Å². The highest BCUT2D eigenvalue weighted by atomic mass is 16.5. The lowest BCUT2D eigenvalue weighted by Gasteiger charge is -2.25. The van der Waals surface area contributed by atoms with E-state index < -0.39 is 17.7 Å². The molecule has 3 aromatic rings. The van der Waals surface area contributed by atoms with Gasteiger partial charge in [0.25, 0.3) is 11.7 Å². The molecule has 1 aliphatic rings. The number of ether oxygens (including phenoxy) is 3. The largest absolute Gasteiger partial charge is 0.507 e. The Kier molecular flexibility index (Phi) is 8.25. The first-order valence-corrected chi connectivity index (χ1v) is 12.2. The smallest absolute Gasteiger partial charge is 0.295 e. The summed E-state index contributed by atoms with van der Waals surface area (Å²) in [4.78, 5) is 27.5. The number of carbonyl (C=O) groups is 2. The van der Waals surface area contributed by atoms with Crippen molar-refractivity contribution in [2.45, 2.75) is 26.5 Å². The normalized spacial score (nSPS) is 16.7. The molecule has 192 valence electrons. The number of nitrogens with zero attached hydrogens (tertiary/aromatic N) is 1. The second-order valence-electron chi connectivity index (χ2n) is 8.79. The van der Waals surface area contributed by atoms with Crippen molar-refractivity contribution in [2.24, 2.45) is 0 Å². The number of aliphatic hydroxyl groups is 1. The summed E-state index contributed by atoms with van der Waals surface area (Å²) in [5.41, 5.74) is 3.37. The zero-order valence-corrected chi connectivity index (χ0v) is 21.3. The van der Waals surface area contributed by atoms with Gasteiger partial charge in [0.1, 0.15) is 23.9 Å². The van der Waals surface area contributed by atoms with Crippen LogP contribution in [0.1, 0.15) is 35.2 Å². The van der Waals surface area contributed by atoms with E-state index in [1.165, 1.54) is 12.0 Å². The van der Waals surface area contributed by atoms with Gasteiger partial charge in [-0.25, -0.2) is 0 Å². The maximum absolute atomic E-state index is 13.1. The van der Waals surface area contributed by atoms with Gasteiger partial charge in [0.2, 0.25) is 0 Å². The van der Waals surface area contributed by atoms with Crippen LogP contribution in [-0.2, 0) is 20.9 Å². The fourth-order valence-corrected chi connectivity index (χ4v) is 4.39. The predicted octanol–water partition coefficient (Wildman–Crippen LogP) is 5.04. The Balaban J connectivity index is 1.63. The summed E-state index contributed by atoms with van der Waals surface area (Å²) in [6, 6.07) is 21.3. The number of carbonyl (C=O) groups excluding carboxylic acids is 2. The van der Waals surface area contributed by atoms with Crippen LogP contribution in [0.5, 0.6) is 11.5 Å². The van der Waals surface area contributed by atoms with Crippen molar-refractivity contribution in [3.63, 3.8) is 0 Å². The van der Waals surface area contributed by atoms with Gasteiger partial charge in [-0.15, -0.1) is 0 Å². The Hall–Kier alpha value is -4.10. The molecule has 1 heterocycles. The van der Waals surface area contributed by atoms with Crippen molar-refractivity contribution in [1.82, 2.24) is 4.90 Å². The molecule has 0 aromatic heterocycles. The predicted molar refractivity (Wildman–Crippen MR) is 140 cm³/mol. The van der Waals surface area contributed by atoms with Crippen LogP contribution >= 0.6 is 0 Å². The number of methoxy groups -OCH3 is 1. The van der Waals surface area contributed by atoms with E-state index in [4.69, 9.17) is 14.2 Å². The molecule has 3 aromatic carbocycles. The van der Waals surface area contributed by atoms with Crippen LogP contribution in [0.3, 0.4) is 0 Å². The molecule has 0 aliphatic carbocycles. The van der Waals surface area contributed by atoms with Crippen molar-refractivity contribution in [3.8, 4) is 11.5 Å². The topological polar surface area (TPSA) is 85.3 Å². The van der Waals surface area contributed by atoms with E-state index in [-0.39, 0.29) is 24.5 Å². The number of amides is 1. The van der Waals surface area contributed by atoms with Gasteiger partial charge in [0.15, 0.2) is 0 Å². The van der Waals surface area contributed by atoms with E-state index in [0.717, 1.165) is 11.1 Å². The summed E-state index contributed by atoms with van der Waals surface area (Å²) < 4.78 is 16.6. The Morgan fingerprint density at radius 1 is 0.946 bits per heavy atom. The fourth-order valence-electron chi connectivity index (χ4n) is 4.39. The molecule has 0 saturated carbocycles. The third-order valence-corrected chi connectivity index (χ3v) is 6.20. The molecule has 1 amide bonds. The highest BCUT2D eigenvalue weighted by molar-refractivity contribution is 6.46. The average Bonchev–Trinajstić information content (AvgIpc) is 3.16. The first-order chi connectivity index (χ1) is 17.9. The summed E-state index contributed by atoms with van der Waals surface area (Å²) in [5, 5.41) is 11.2. The number of aliphatic hydroxyl groups excluding tert-OH is 1. The average molecular weight is 502 g/mol. The summed E-state index contributed by atoms with van der Waals surface area (Å²) >= 11 is 0. The molecular formula is C30H31NO6. The molecule has 1 unspecified atom stereocenters. The van der Waals surface area contributed by atoms with Crippen molar-refractivity contribution < 1.29 is 28.9 Å². The van der Waals surface area contributed by atoms with Crippen molar-refractivity contribution in [1.29, 1.82) is 0 Å². The number of hydrogen-bond acceptors (Lipinski definition) is 6. The van der Waals surface area contributed by atoms with Crippen LogP contribution in [0.4, 0.5) is 0 Å². The second-order valence-corrected chi connectivity index (χ2v) is 8.79. The van der Waals surface area contributed by atoms with Crippen LogP contribution in [0.2, 0.25) is 0 Å². The molecule has 0 radical (unpaired) electrons. The number of likely N-dealkylation sites (tertiary alicyclic amines) is 1. The number of aryl methyl sites for hydroxylation is 1. The van der Waals surface area contributed by atoms with Crippen molar-refractivity contribution >= 4 is 17.4 Å². The first-order valence-electron chi connectivity index (χ1n) is 12.2. The summed E-state index contributed by atoms with van der Waals surface area (Å²) in [6.45, 7) is 5.33. The van der Waals surface area contributed by atoms with E-state index in [2.05, 4.69) is 6.07 Å². The van der Waals surface area contributed by atoms with Crippen LogP contribution in [0.25, 0.3) is 5.76 Å². The molecule has 7 heteroatoms. The van der Waals surface area contributed by atoms with Gasteiger partial charge in [0.05, 0.1) is 24.8 Å². The Labute approximate surface area is 216 Å². The van der Waals surface area contributed by atoms with Gasteiger partial charge in [-0.2, -0.15) is 0 Å². The minimum Gasteiger partial charge on any atom is -0.507 e. The summed E-state index contributed by atoms with van der Waals surface area (Å²) in [7, 11) is 1.53. The number of hydrogen-bond donors (Lipinski definition) is 1. The summed E-state index contributed by atoms with van der Waals surface area (Å²) in [5.74, 6) is -0.326. The Bertz CT molecular complexity index is 1280. The Morgan fingerprint density at radius 2 is 1.62 bits per heavy atom. The number of Topliss-reactive ketones (excluding diaryl/α,β-unsaturated/α-hetero) is 1. The minimum atomic E-state index is -0.747. The molecule has 7 nitrogen and oxygen atoms in total. The molecule has 0 bridgehead atoms. The standard InChI is InChI=1S/C30H31NO6/c1-4-36-24-12-8-22(9-13-24)27-26(29(33)30(34)31(27)16-17-35-3)28(32)23-10-14-25(15-11-23)37-19-21-7-5-6-20(2)18-21/h5-15,18,27,32H,4,16-17,19H2,1-3H3. The maximum Gasteiger partial charge on any atom is 0.295 e. The minimum absolute atomic E-state index is 0.0405. The zero-order valence-electron chi connectivity index (χ0n) is 21.3. The van der Waals surface area contributed by atoms with Gasteiger partial charge in [-0.3, -0.25) is 9.59 Å². The molecule has 37 heavy (non-hydrogen) atoms. The van der Waals surface area contributed by atoms with Crippen molar-refractivity contribution in [3.05, 3.63) is 101 Å². The van der Waals surface area contributed by atoms with Crippen LogP contribution in [0, 0.1) is 6.92 Å². The first kappa shape index (κ1) is 26.0. The van der Waals surface area contributed by atoms with E-state index in [1.54, 1.807) is 48.5 Å². The highest BCUT2D eigenvalue weighted by Gasteiger charge is 2.45. The fraction of sp³-hybridized carbons (Fsp3) is 0.267. The van der Waals surface area contributed by atoms with E-state index >= 15 is 0 Å². The zero-order chi connectivity index (χ0) is 26.4. The molecule has 0 spiro atoms. The Morgan fingerprint density at radius 3 is 2.27 bits per heavy atom. The van der Waals surface area contributed by atoms with Gasteiger partial charge in [-0.1, -0.05) is 42.0 Å².